The Bertz CT molecular complexity index is 1060. The highest BCUT2D eigenvalue weighted by Crippen LogP contribution is 2.28. The van der Waals surface area contributed by atoms with Crippen LogP contribution in [-0.2, 0) is 11.3 Å². The van der Waals surface area contributed by atoms with Crippen molar-refractivity contribution in [2.75, 3.05) is 48.7 Å². The molecule has 4 heterocycles. The first-order valence-corrected chi connectivity index (χ1v) is 10.1. The molecule has 0 spiro atoms. The van der Waals surface area contributed by atoms with Crippen LogP contribution in [0.5, 0.6) is 5.75 Å². The van der Waals surface area contributed by atoms with Gasteiger partial charge in [-0.2, -0.15) is 4.98 Å². The molecule has 1 fully saturated rings. The molecule has 2 aliphatic rings. The maximum Gasteiger partial charge on any atom is 0.430 e. The number of nitrogen functional groups attached to an aromatic ring is 1. The molecule has 10 nitrogen and oxygen atoms in total. The molecule has 3 aromatic rings. The fourth-order valence-corrected chi connectivity index (χ4v) is 4.16. The molecular weight excluding hydrogens is 394 g/mol. The number of hydroxylamine groups is 2. The maximum atomic E-state index is 12.3. The van der Waals surface area contributed by atoms with Gasteiger partial charge in [-0.3, -0.25) is 5.32 Å². The molecular formula is C18H19N7O3S. The summed E-state index contributed by atoms with van der Waals surface area (Å²) in [5.74, 6) is 1.83. The van der Waals surface area contributed by atoms with Crippen molar-refractivity contribution in [3.05, 3.63) is 29.3 Å². The molecule has 2 aromatic heterocycles. The number of carbonyl (C=O) groups excluding carboxylic acids is 1. The highest BCUT2D eigenvalue weighted by Gasteiger charge is 2.24. The van der Waals surface area contributed by atoms with Crippen LogP contribution in [-0.4, -0.2) is 58.9 Å². The second-order valence-electron chi connectivity index (χ2n) is 6.75. The number of hydrogen-bond donors (Lipinski definition) is 2. The number of thiazole rings is 1. The SMILES string of the molecule is Nc1nc(N2CCN(OC(=O)Nc3ccc4c(c3)CCO4)CC2)c2ncsc2n1. The third-order valence-electron chi connectivity index (χ3n) is 4.88. The molecule has 150 valence electrons. The lowest BCUT2D eigenvalue weighted by Crippen LogP contribution is -2.47. The summed E-state index contributed by atoms with van der Waals surface area (Å²) in [5, 5.41) is 4.42. The third kappa shape index (κ3) is 3.61. The van der Waals surface area contributed by atoms with Gasteiger partial charge in [0, 0.05) is 25.2 Å². The van der Waals surface area contributed by atoms with Gasteiger partial charge in [0.15, 0.2) is 10.6 Å². The number of nitrogens with zero attached hydrogens (tertiary/aromatic N) is 5. The number of hydrogen-bond acceptors (Lipinski definition) is 10. The van der Waals surface area contributed by atoms with Crippen LogP contribution in [0.4, 0.5) is 22.2 Å². The van der Waals surface area contributed by atoms with Crippen LogP contribution in [0, 0.1) is 0 Å². The van der Waals surface area contributed by atoms with Gasteiger partial charge in [0.05, 0.1) is 25.2 Å². The zero-order valence-electron chi connectivity index (χ0n) is 15.5. The smallest absolute Gasteiger partial charge is 0.430 e. The normalized spacial score (nSPS) is 16.5. The fourth-order valence-electron chi connectivity index (χ4n) is 3.50. The standard InChI is InChI=1S/C18H19N7O3S/c19-17-22-15(14-16(23-17)29-10-20-14)24-4-6-25(7-5-24)28-18(26)21-12-1-2-13-11(9-12)3-8-27-13/h1-2,9-10H,3-8H2,(H,21,26)(H2,19,22,23). The van der Waals surface area contributed by atoms with E-state index in [1.165, 1.54) is 11.3 Å². The third-order valence-corrected chi connectivity index (χ3v) is 5.60. The predicted octanol–water partition coefficient (Wildman–Crippen LogP) is 1.89. The summed E-state index contributed by atoms with van der Waals surface area (Å²) in [6, 6.07) is 5.59. The summed E-state index contributed by atoms with van der Waals surface area (Å²) in [4.78, 5) is 33.5. The van der Waals surface area contributed by atoms with E-state index in [0.29, 0.717) is 38.5 Å². The predicted molar refractivity (Wildman–Crippen MR) is 109 cm³/mol. The van der Waals surface area contributed by atoms with E-state index in [1.807, 2.05) is 18.2 Å². The Morgan fingerprint density at radius 2 is 2.10 bits per heavy atom. The van der Waals surface area contributed by atoms with Crippen LogP contribution < -0.4 is 20.7 Å². The Kier molecular flexibility index (Phi) is 4.52. The highest BCUT2D eigenvalue weighted by molar-refractivity contribution is 7.16. The summed E-state index contributed by atoms with van der Waals surface area (Å²) in [6.07, 6.45) is 0.340. The van der Waals surface area contributed by atoms with Gasteiger partial charge in [-0.1, -0.05) is 0 Å². The second kappa shape index (κ2) is 7.33. The Labute approximate surface area is 170 Å². The average molecular weight is 413 g/mol. The number of piperazine rings is 1. The first-order valence-electron chi connectivity index (χ1n) is 9.27. The van der Waals surface area contributed by atoms with Gasteiger partial charge in [0.2, 0.25) is 5.95 Å². The molecule has 0 bridgehead atoms. The molecule has 11 heteroatoms. The Morgan fingerprint density at radius 3 is 2.97 bits per heavy atom. The summed E-state index contributed by atoms with van der Waals surface area (Å²) < 4.78 is 5.48. The zero-order valence-corrected chi connectivity index (χ0v) is 16.3. The van der Waals surface area contributed by atoms with Gasteiger partial charge in [-0.15, -0.1) is 16.4 Å². The summed E-state index contributed by atoms with van der Waals surface area (Å²) >= 11 is 1.43. The minimum absolute atomic E-state index is 0.231. The molecule has 5 rings (SSSR count). The highest BCUT2D eigenvalue weighted by atomic mass is 32.1. The van der Waals surface area contributed by atoms with Crippen molar-refractivity contribution in [1.82, 2.24) is 20.0 Å². The number of carbonyl (C=O) groups is 1. The molecule has 0 unspecified atom stereocenters. The summed E-state index contributed by atoms with van der Waals surface area (Å²) in [5.41, 5.74) is 10.1. The molecule has 1 saturated heterocycles. The van der Waals surface area contributed by atoms with E-state index in [1.54, 1.807) is 10.6 Å². The Morgan fingerprint density at radius 1 is 1.24 bits per heavy atom. The lowest BCUT2D eigenvalue weighted by molar-refractivity contribution is -0.0966. The summed E-state index contributed by atoms with van der Waals surface area (Å²) in [6.45, 7) is 3.03. The van der Waals surface area contributed by atoms with Gasteiger partial charge in [-0.05, 0) is 23.8 Å². The van der Waals surface area contributed by atoms with Crippen molar-refractivity contribution >= 4 is 45.2 Å². The van der Waals surface area contributed by atoms with Crippen molar-refractivity contribution < 1.29 is 14.4 Å². The monoisotopic (exact) mass is 413 g/mol. The van der Waals surface area contributed by atoms with E-state index in [-0.39, 0.29) is 5.95 Å². The molecule has 1 aromatic carbocycles. The van der Waals surface area contributed by atoms with Crippen molar-refractivity contribution in [3.63, 3.8) is 0 Å². The van der Waals surface area contributed by atoms with Gasteiger partial charge in [0.1, 0.15) is 11.3 Å². The fraction of sp³-hybridized carbons (Fsp3) is 0.333. The molecule has 0 saturated carbocycles. The largest absolute Gasteiger partial charge is 0.493 e. The molecule has 0 atom stereocenters. The minimum atomic E-state index is -0.509. The van der Waals surface area contributed by atoms with Crippen LogP contribution in [0.2, 0.25) is 0 Å². The maximum absolute atomic E-state index is 12.3. The summed E-state index contributed by atoms with van der Waals surface area (Å²) in [7, 11) is 0. The van der Waals surface area contributed by atoms with Crippen molar-refractivity contribution in [1.29, 1.82) is 0 Å². The van der Waals surface area contributed by atoms with E-state index in [4.69, 9.17) is 15.3 Å². The lowest BCUT2D eigenvalue weighted by atomic mass is 10.1. The van der Waals surface area contributed by atoms with E-state index < -0.39 is 6.09 Å². The Hall–Kier alpha value is -3.18. The Balaban J connectivity index is 1.19. The van der Waals surface area contributed by atoms with E-state index >= 15 is 0 Å². The second-order valence-corrected chi connectivity index (χ2v) is 7.59. The number of aromatic nitrogens is 3. The molecule has 0 aliphatic carbocycles. The number of benzene rings is 1. The molecule has 29 heavy (non-hydrogen) atoms. The van der Waals surface area contributed by atoms with Crippen LogP contribution in [0.25, 0.3) is 10.3 Å². The van der Waals surface area contributed by atoms with Gasteiger partial charge in [0.25, 0.3) is 0 Å². The van der Waals surface area contributed by atoms with Crippen LogP contribution in [0.15, 0.2) is 23.7 Å². The molecule has 0 radical (unpaired) electrons. The number of ether oxygens (including phenoxy) is 1. The van der Waals surface area contributed by atoms with E-state index in [0.717, 1.165) is 33.9 Å². The average Bonchev–Trinajstić information content (AvgIpc) is 3.36. The van der Waals surface area contributed by atoms with Gasteiger partial charge < -0.3 is 20.2 Å². The van der Waals surface area contributed by atoms with E-state index in [9.17, 15) is 4.79 Å². The first kappa shape index (κ1) is 17.9. The number of anilines is 3. The van der Waals surface area contributed by atoms with Gasteiger partial charge in [-0.25, -0.2) is 14.8 Å². The minimum Gasteiger partial charge on any atom is -0.493 e. The number of amides is 1. The lowest BCUT2D eigenvalue weighted by Gasteiger charge is -2.33. The van der Waals surface area contributed by atoms with Crippen LogP contribution >= 0.6 is 11.3 Å². The number of nitrogens with two attached hydrogens (primary N) is 1. The first-order chi connectivity index (χ1) is 14.2. The molecule has 2 aliphatic heterocycles. The van der Waals surface area contributed by atoms with Crippen molar-refractivity contribution in [2.45, 2.75) is 6.42 Å². The number of nitrogens with one attached hydrogen (secondary N) is 1. The van der Waals surface area contributed by atoms with E-state index in [2.05, 4.69) is 25.2 Å². The quantitative estimate of drug-likeness (QED) is 0.663. The number of rotatable bonds is 3. The number of fused-ring (bicyclic) bond motifs is 2. The van der Waals surface area contributed by atoms with Gasteiger partial charge >= 0.3 is 6.09 Å². The van der Waals surface area contributed by atoms with Crippen LogP contribution in [0.3, 0.4) is 0 Å². The molecule has 1 amide bonds. The zero-order chi connectivity index (χ0) is 19.8. The van der Waals surface area contributed by atoms with Crippen molar-refractivity contribution in [2.24, 2.45) is 0 Å². The van der Waals surface area contributed by atoms with Crippen molar-refractivity contribution in [3.8, 4) is 5.75 Å². The molecule has 3 N–H and O–H groups in total. The topological polar surface area (TPSA) is 119 Å². The van der Waals surface area contributed by atoms with Crippen LogP contribution in [0.1, 0.15) is 5.56 Å².